The molecule has 0 bridgehead atoms. The molecule has 5 rings (SSSR count). The van der Waals surface area contributed by atoms with E-state index in [2.05, 4.69) is 0 Å². The topological polar surface area (TPSA) is 102 Å². The minimum atomic E-state index is -1.12. The molecule has 9 heteroatoms. The van der Waals surface area contributed by atoms with Crippen LogP contribution in [0.1, 0.15) is 56.8 Å². The predicted molar refractivity (Wildman–Crippen MR) is 145 cm³/mol. The number of methoxy groups -OCH3 is 2. The Hall–Kier alpha value is -4.92. The second kappa shape index (κ2) is 11.1. The lowest BCUT2D eigenvalue weighted by molar-refractivity contribution is -0.147. The van der Waals surface area contributed by atoms with Gasteiger partial charge in [-0.1, -0.05) is 42.5 Å². The summed E-state index contributed by atoms with van der Waals surface area (Å²) in [6.45, 7) is 1.59. The van der Waals surface area contributed by atoms with Gasteiger partial charge in [-0.25, -0.2) is 0 Å². The summed E-state index contributed by atoms with van der Waals surface area (Å²) in [5, 5.41) is 0. The normalized spacial score (nSPS) is 16.3. The maximum absolute atomic E-state index is 13.9. The van der Waals surface area contributed by atoms with Gasteiger partial charge in [-0.2, -0.15) is 0 Å². The lowest BCUT2D eigenvalue weighted by atomic mass is 9.92. The summed E-state index contributed by atoms with van der Waals surface area (Å²) < 4.78 is 16.4. The highest BCUT2D eigenvalue weighted by molar-refractivity contribution is 6.22. The number of esters is 1. The molecule has 0 N–H and O–H groups in total. The van der Waals surface area contributed by atoms with E-state index in [-0.39, 0.29) is 24.2 Å². The fourth-order valence-corrected chi connectivity index (χ4v) is 5.03. The number of fused-ring (bicyclic) bond motifs is 2. The highest BCUT2D eigenvalue weighted by Crippen LogP contribution is 2.40. The molecule has 1 unspecified atom stereocenters. The van der Waals surface area contributed by atoms with E-state index in [9.17, 15) is 19.2 Å². The first-order chi connectivity index (χ1) is 19.3. The molecule has 2 atom stereocenters. The Morgan fingerprint density at radius 2 is 1.48 bits per heavy atom. The van der Waals surface area contributed by atoms with Crippen molar-refractivity contribution in [3.05, 3.63) is 101 Å². The van der Waals surface area contributed by atoms with Gasteiger partial charge in [0.1, 0.15) is 12.6 Å². The molecule has 3 aromatic rings. The molecule has 0 aromatic heterocycles. The Balaban J connectivity index is 1.45. The van der Waals surface area contributed by atoms with E-state index in [1.807, 2.05) is 30.3 Å². The number of carbonyl (C=O) groups excluding carboxylic acids is 4. The number of hydrogen-bond donors (Lipinski definition) is 0. The van der Waals surface area contributed by atoms with Gasteiger partial charge in [-0.15, -0.1) is 0 Å². The van der Waals surface area contributed by atoms with Crippen LogP contribution in [0.5, 0.6) is 11.5 Å². The minimum Gasteiger partial charge on any atom is -0.493 e. The van der Waals surface area contributed by atoms with Gasteiger partial charge in [0.25, 0.3) is 11.8 Å². The zero-order chi connectivity index (χ0) is 28.4. The molecule has 0 aliphatic carbocycles. The number of benzene rings is 3. The standard InChI is InChI=1S/C31H28N2O7/c1-19(33-30(36)22-11-7-8-12-23(22)31(33)37)29(35)32-14-13-21-15-26(38-2)27(39-3)16-24(21)25(32)17-28(34)40-18-20-9-5-4-6-10-20/h4-16,19,25H,17-18H2,1-3H3/t19-,25?/m0/s1. The molecule has 0 radical (unpaired) electrons. The Kier molecular flexibility index (Phi) is 7.37. The third-order valence-corrected chi connectivity index (χ3v) is 7.13. The van der Waals surface area contributed by atoms with Gasteiger partial charge in [0, 0.05) is 6.20 Å². The number of amides is 3. The van der Waals surface area contributed by atoms with Gasteiger partial charge < -0.3 is 19.1 Å². The van der Waals surface area contributed by atoms with Crippen molar-refractivity contribution in [2.75, 3.05) is 14.2 Å². The van der Waals surface area contributed by atoms with Crippen molar-refractivity contribution in [2.45, 2.75) is 32.0 Å². The highest BCUT2D eigenvalue weighted by atomic mass is 16.5. The average Bonchev–Trinajstić information content (AvgIpc) is 3.24. The number of nitrogens with zero attached hydrogens (tertiary/aromatic N) is 2. The molecular formula is C31H28N2O7. The Morgan fingerprint density at radius 1 is 0.875 bits per heavy atom. The summed E-state index contributed by atoms with van der Waals surface area (Å²) in [7, 11) is 3.02. The van der Waals surface area contributed by atoms with Crippen LogP contribution in [-0.2, 0) is 20.9 Å². The number of ether oxygens (including phenoxy) is 3. The molecule has 3 aromatic carbocycles. The number of imide groups is 1. The number of rotatable bonds is 8. The summed E-state index contributed by atoms with van der Waals surface area (Å²) in [5.74, 6) is -1.18. The number of carbonyl (C=O) groups is 4. The van der Waals surface area contributed by atoms with Crippen LogP contribution in [0.15, 0.2) is 72.9 Å². The van der Waals surface area contributed by atoms with E-state index in [1.54, 1.807) is 48.7 Å². The van der Waals surface area contributed by atoms with Crippen LogP contribution >= 0.6 is 0 Å². The molecule has 204 valence electrons. The number of hydrogen-bond acceptors (Lipinski definition) is 7. The quantitative estimate of drug-likeness (QED) is 0.309. The smallest absolute Gasteiger partial charge is 0.308 e. The molecule has 0 saturated heterocycles. The molecule has 0 saturated carbocycles. The summed E-state index contributed by atoms with van der Waals surface area (Å²) in [6, 6.07) is 17.3. The van der Waals surface area contributed by atoms with Crippen molar-refractivity contribution in [2.24, 2.45) is 0 Å². The summed E-state index contributed by atoms with van der Waals surface area (Å²) in [4.78, 5) is 55.5. The molecule has 2 aliphatic heterocycles. The predicted octanol–water partition coefficient (Wildman–Crippen LogP) is 4.38. The minimum absolute atomic E-state index is 0.0837. The van der Waals surface area contributed by atoms with Crippen LogP contribution in [0.25, 0.3) is 6.08 Å². The summed E-state index contributed by atoms with van der Waals surface area (Å²) in [5.41, 5.74) is 2.71. The van der Waals surface area contributed by atoms with E-state index >= 15 is 0 Å². The summed E-state index contributed by atoms with van der Waals surface area (Å²) >= 11 is 0. The van der Waals surface area contributed by atoms with Crippen molar-refractivity contribution in [3.8, 4) is 11.5 Å². The Bertz CT molecular complexity index is 1480. The van der Waals surface area contributed by atoms with Gasteiger partial charge >= 0.3 is 5.97 Å². The maximum Gasteiger partial charge on any atom is 0.308 e. The van der Waals surface area contributed by atoms with Crippen LogP contribution in [0, 0.1) is 0 Å². The second-order valence-electron chi connectivity index (χ2n) is 9.47. The molecule has 2 heterocycles. The highest BCUT2D eigenvalue weighted by Gasteiger charge is 2.43. The van der Waals surface area contributed by atoms with Crippen LogP contribution in [0.3, 0.4) is 0 Å². The van der Waals surface area contributed by atoms with E-state index < -0.39 is 35.8 Å². The van der Waals surface area contributed by atoms with Crippen LogP contribution in [0.2, 0.25) is 0 Å². The lowest BCUT2D eigenvalue weighted by Crippen LogP contribution is -2.49. The van der Waals surface area contributed by atoms with E-state index in [1.165, 1.54) is 26.0 Å². The molecule has 0 spiro atoms. The largest absolute Gasteiger partial charge is 0.493 e. The second-order valence-corrected chi connectivity index (χ2v) is 9.47. The van der Waals surface area contributed by atoms with E-state index in [0.717, 1.165) is 16.0 Å². The summed E-state index contributed by atoms with van der Waals surface area (Å²) in [6.07, 6.45) is 3.11. The van der Waals surface area contributed by atoms with Crippen LogP contribution in [-0.4, -0.2) is 53.8 Å². The van der Waals surface area contributed by atoms with Gasteiger partial charge in [-0.05, 0) is 54.0 Å². The molecule has 9 nitrogen and oxygen atoms in total. The van der Waals surface area contributed by atoms with Crippen molar-refractivity contribution < 1.29 is 33.4 Å². The monoisotopic (exact) mass is 540 g/mol. The van der Waals surface area contributed by atoms with E-state index in [4.69, 9.17) is 14.2 Å². The molecule has 2 aliphatic rings. The zero-order valence-corrected chi connectivity index (χ0v) is 22.3. The first-order valence-electron chi connectivity index (χ1n) is 12.8. The Morgan fingerprint density at radius 3 is 2.10 bits per heavy atom. The average molecular weight is 541 g/mol. The third kappa shape index (κ3) is 4.82. The molecule has 3 amide bonds. The third-order valence-electron chi connectivity index (χ3n) is 7.13. The molecular weight excluding hydrogens is 512 g/mol. The lowest BCUT2D eigenvalue weighted by Gasteiger charge is -2.36. The molecule has 40 heavy (non-hydrogen) atoms. The maximum atomic E-state index is 13.9. The van der Waals surface area contributed by atoms with Crippen molar-refractivity contribution >= 4 is 29.8 Å². The molecule has 0 fully saturated rings. The van der Waals surface area contributed by atoms with Gasteiger partial charge in [0.2, 0.25) is 5.91 Å². The van der Waals surface area contributed by atoms with Gasteiger partial charge in [0.05, 0.1) is 37.8 Å². The van der Waals surface area contributed by atoms with Gasteiger partial charge in [-0.3, -0.25) is 24.1 Å². The SMILES string of the molecule is COc1cc2c(cc1OC)C(CC(=O)OCc1ccccc1)N(C(=O)[C@H](C)N1C(=O)c3ccccc3C1=O)C=C2. The van der Waals surface area contributed by atoms with Crippen LogP contribution < -0.4 is 9.47 Å². The first-order valence-corrected chi connectivity index (χ1v) is 12.8. The first kappa shape index (κ1) is 26.7. The zero-order valence-electron chi connectivity index (χ0n) is 22.3. The van der Waals surface area contributed by atoms with E-state index in [0.29, 0.717) is 17.1 Å². The van der Waals surface area contributed by atoms with Crippen LogP contribution in [0.4, 0.5) is 0 Å². The van der Waals surface area contributed by atoms with Crippen molar-refractivity contribution in [1.82, 2.24) is 9.80 Å². The fraction of sp³-hybridized carbons (Fsp3) is 0.226. The Labute approximate surface area is 231 Å². The van der Waals surface area contributed by atoms with Crippen molar-refractivity contribution in [3.63, 3.8) is 0 Å². The van der Waals surface area contributed by atoms with Crippen molar-refractivity contribution in [1.29, 1.82) is 0 Å². The fourth-order valence-electron chi connectivity index (χ4n) is 5.03. The van der Waals surface area contributed by atoms with Gasteiger partial charge in [0.15, 0.2) is 11.5 Å².